The number of piperazine rings is 1. The number of likely N-dealkylation sites (N-methyl/N-ethyl adjacent to an activating group) is 1. The summed E-state index contributed by atoms with van der Waals surface area (Å²) in [7, 11) is 3.53. The first-order valence-electron chi connectivity index (χ1n) is 5.93. The molecule has 1 aliphatic heterocycles. The lowest BCUT2D eigenvalue weighted by atomic mass is 10.2. The molecule has 98 valence electrons. The topological polar surface area (TPSA) is 32.8 Å². The highest BCUT2D eigenvalue weighted by Gasteiger charge is 2.17. The van der Waals surface area contributed by atoms with Crippen molar-refractivity contribution >= 4 is 27.6 Å². The molecule has 4 nitrogen and oxygen atoms in total. The smallest absolute Gasteiger partial charge is 0.337 e. The number of methoxy groups -OCH3 is 1. The van der Waals surface area contributed by atoms with E-state index in [9.17, 15) is 4.79 Å². The second-order valence-corrected chi connectivity index (χ2v) is 5.30. The molecule has 1 aliphatic rings. The van der Waals surface area contributed by atoms with Gasteiger partial charge < -0.3 is 14.5 Å². The molecule has 1 aromatic rings. The summed E-state index contributed by atoms with van der Waals surface area (Å²) in [5.74, 6) is -0.305. The number of anilines is 1. The monoisotopic (exact) mass is 312 g/mol. The summed E-state index contributed by atoms with van der Waals surface area (Å²) in [4.78, 5) is 16.1. The second kappa shape index (κ2) is 5.71. The fourth-order valence-electron chi connectivity index (χ4n) is 2.06. The Morgan fingerprint density at radius 2 is 1.94 bits per heavy atom. The zero-order valence-corrected chi connectivity index (χ0v) is 12.2. The maximum absolute atomic E-state index is 11.4. The molecule has 2 rings (SSSR count). The van der Waals surface area contributed by atoms with E-state index < -0.39 is 0 Å². The third kappa shape index (κ3) is 2.84. The van der Waals surface area contributed by atoms with E-state index in [0.29, 0.717) is 5.56 Å². The molecule has 0 atom stereocenters. The fraction of sp³-hybridized carbons (Fsp3) is 0.462. The Bertz CT molecular complexity index is 443. The summed E-state index contributed by atoms with van der Waals surface area (Å²) < 4.78 is 5.65. The predicted molar refractivity (Wildman–Crippen MR) is 75.2 cm³/mol. The van der Waals surface area contributed by atoms with Crippen molar-refractivity contribution in [3.63, 3.8) is 0 Å². The van der Waals surface area contributed by atoms with Crippen LogP contribution in [0.2, 0.25) is 0 Å². The van der Waals surface area contributed by atoms with Crippen LogP contribution < -0.4 is 4.90 Å². The van der Waals surface area contributed by atoms with Crippen LogP contribution in [0, 0.1) is 0 Å². The Labute approximate surface area is 116 Å². The number of halogens is 1. The van der Waals surface area contributed by atoms with Crippen LogP contribution in [0.3, 0.4) is 0 Å². The summed E-state index contributed by atoms with van der Waals surface area (Å²) in [6.45, 7) is 4.13. The van der Waals surface area contributed by atoms with Gasteiger partial charge in [-0.3, -0.25) is 0 Å². The molecule has 0 amide bonds. The first-order chi connectivity index (χ1) is 8.61. The molecule has 0 aliphatic carbocycles. The molecule has 1 heterocycles. The minimum absolute atomic E-state index is 0.305. The van der Waals surface area contributed by atoms with Gasteiger partial charge in [-0.15, -0.1) is 0 Å². The van der Waals surface area contributed by atoms with Gasteiger partial charge in [0.15, 0.2) is 0 Å². The molecule has 1 fully saturated rings. The van der Waals surface area contributed by atoms with Crippen molar-refractivity contribution in [3.05, 3.63) is 28.2 Å². The number of benzene rings is 1. The van der Waals surface area contributed by atoms with Crippen LogP contribution in [0.4, 0.5) is 5.69 Å². The molecule has 0 bridgehead atoms. The van der Waals surface area contributed by atoms with Crippen LogP contribution in [-0.4, -0.2) is 51.2 Å². The first-order valence-corrected chi connectivity index (χ1v) is 6.72. The summed E-state index contributed by atoms with van der Waals surface area (Å²) in [5, 5.41) is 0. The second-order valence-electron chi connectivity index (χ2n) is 4.45. The van der Waals surface area contributed by atoms with Crippen molar-refractivity contribution in [1.29, 1.82) is 0 Å². The molecule has 0 saturated carbocycles. The molecule has 0 radical (unpaired) electrons. The molecule has 1 aromatic carbocycles. The molecule has 5 heteroatoms. The Balaban J connectivity index is 2.17. The SMILES string of the molecule is COC(=O)c1ccc(N2CCN(C)CC2)c(Br)c1. The van der Waals surface area contributed by atoms with Crippen LogP contribution >= 0.6 is 15.9 Å². The van der Waals surface area contributed by atoms with Gasteiger partial charge in [0.05, 0.1) is 18.4 Å². The van der Waals surface area contributed by atoms with Crippen LogP contribution in [0.15, 0.2) is 22.7 Å². The van der Waals surface area contributed by atoms with Crippen LogP contribution in [0.5, 0.6) is 0 Å². The van der Waals surface area contributed by atoms with Crippen molar-refractivity contribution in [2.24, 2.45) is 0 Å². The van der Waals surface area contributed by atoms with E-state index in [1.807, 2.05) is 18.2 Å². The Morgan fingerprint density at radius 1 is 1.28 bits per heavy atom. The van der Waals surface area contributed by atoms with Gasteiger partial charge in [-0.05, 0) is 41.2 Å². The quantitative estimate of drug-likeness (QED) is 0.782. The van der Waals surface area contributed by atoms with E-state index in [1.165, 1.54) is 7.11 Å². The van der Waals surface area contributed by atoms with Gasteiger partial charge in [-0.1, -0.05) is 0 Å². The van der Waals surface area contributed by atoms with Crippen LogP contribution in [0.25, 0.3) is 0 Å². The lowest BCUT2D eigenvalue weighted by molar-refractivity contribution is 0.0600. The molecule has 1 saturated heterocycles. The fourth-order valence-corrected chi connectivity index (χ4v) is 2.69. The van der Waals surface area contributed by atoms with Crippen LogP contribution in [-0.2, 0) is 4.74 Å². The number of esters is 1. The average Bonchev–Trinajstić information content (AvgIpc) is 2.39. The molecule has 0 N–H and O–H groups in total. The predicted octanol–water partition coefficient (Wildman–Crippen LogP) is 1.99. The first kappa shape index (κ1) is 13.4. The lowest BCUT2D eigenvalue weighted by Gasteiger charge is -2.34. The van der Waals surface area contributed by atoms with Gasteiger partial charge in [0, 0.05) is 30.7 Å². The van der Waals surface area contributed by atoms with Crippen molar-refractivity contribution in [2.45, 2.75) is 0 Å². The standard InChI is InChI=1S/C13H17BrN2O2/c1-15-5-7-16(8-6-15)12-4-3-10(9-11(12)14)13(17)18-2/h3-4,9H,5-8H2,1-2H3. The van der Waals surface area contributed by atoms with Gasteiger partial charge in [0.25, 0.3) is 0 Å². The largest absolute Gasteiger partial charge is 0.465 e. The van der Waals surface area contributed by atoms with Crippen LogP contribution in [0.1, 0.15) is 10.4 Å². The number of ether oxygens (including phenoxy) is 1. The third-order valence-corrected chi connectivity index (χ3v) is 3.85. The third-order valence-electron chi connectivity index (χ3n) is 3.21. The van der Waals surface area contributed by atoms with E-state index in [2.05, 4.69) is 32.8 Å². The number of hydrogen-bond acceptors (Lipinski definition) is 4. The summed E-state index contributed by atoms with van der Waals surface area (Å²) in [5.41, 5.74) is 1.71. The summed E-state index contributed by atoms with van der Waals surface area (Å²) in [6.07, 6.45) is 0. The van der Waals surface area contributed by atoms with E-state index in [0.717, 1.165) is 36.3 Å². The van der Waals surface area contributed by atoms with Crippen molar-refractivity contribution < 1.29 is 9.53 Å². The number of hydrogen-bond donors (Lipinski definition) is 0. The maximum Gasteiger partial charge on any atom is 0.337 e. The molecule has 0 aromatic heterocycles. The summed E-state index contributed by atoms with van der Waals surface area (Å²) in [6, 6.07) is 5.60. The minimum atomic E-state index is -0.305. The van der Waals surface area contributed by atoms with Crippen molar-refractivity contribution in [1.82, 2.24) is 4.90 Å². The normalized spacial score (nSPS) is 16.7. The zero-order chi connectivity index (χ0) is 13.1. The number of nitrogens with zero attached hydrogens (tertiary/aromatic N) is 2. The molecular formula is C13H17BrN2O2. The zero-order valence-electron chi connectivity index (χ0n) is 10.6. The van der Waals surface area contributed by atoms with E-state index in [1.54, 1.807) is 0 Å². The average molecular weight is 313 g/mol. The van der Waals surface area contributed by atoms with Crippen molar-refractivity contribution in [2.75, 3.05) is 45.2 Å². The number of rotatable bonds is 2. The molecule has 0 spiro atoms. The molecule has 0 unspecified atom stereocenters. The van der Waals surface area contributed by atoms with E-state index in [4.69, 9.17) is 4.74 Å². The summed E-state index contributed by atoms with van der Waals surface area (Å²) >= 11 is 3.53. The minimum Gasteiger partial charge on any atom is -0.465 e. The lowest BCUT2D eigenvalue weighted by Crippen LogP contribution is -2.44. The Kier molecular flexibility index (Phi) is 4.24. The molecule has 18 heavy (non-hydrogen) atoms. The highest BCUT2D eigenvalue weighted by Crippen LogP contribution is 2.28. The molecular weight excluding hydrogens is 296 g/mol. The van der Waals surface area contributed by atoms with E-state index in [-0.39, 0.29) is 5.97 Å². The number of carbonyl (C=O) groups is 1. The Hall–Kier alpha value is -1.07. The van der Waals surface area contributed by atoms with Gasteiger partial charge in [0.2, 0.25) is 0 Å². The van der Waals surface area contributed by atoms with Gasteiger partial charge in [0.1, 0.15) is 0 Å². The van der Waals surface area contributed by atoms with Gasteiger partial charge in [-0.25, -0.2) is 4.79 Å². The van der Waals surface area contributed by atoms with Crippen molar-refractivity contribution in [3.8, 4) is 0 Å². The van der Waals surface area contributed by atoms with Gasteiger partial charge >= 0.3 is 5.97 Å². The maximum atomic E-state index is 11.4. The van der Waals surface area contributed by atoms with E-state index >= 15 is 0 Å². The highest BCUT2D eigenvalue weighted by molar-refractivity contribution is 9.10. The number of carbonyl (C=O) groups excluding carboxylic acids is 1. The van der Waals surface area contributed by atoms with Gasteiger partial charge in [-0.2, -0.15) is 0 Å². The highest BCUT2D eigenvalue weighted by atomic mass is 79.9. The Morgan fingerprint density at radius 3 is 2.50 bits per heavy atom.